The Labute approximate surface area is 116 Å². The number of hydrogen-bond donors (Lipinski definition) is 1. The van der Waals surface area contributed by atoms with Crippen molar-refractivity contribution in [2.24, 2.45) is 0 Å². The standard InChI is InChI=1S/C16H24N2O/c1-16(2,3)17-10-9-12-5-7-14-13(11-12)6-8-15(19)18(14)4/h5,7,11,17H,6,8-10H2,1-4H3. The van der Waals surface area contributed by atoms with E-state index in [0.29, 0.717) is 6.42 Å². The van der Waals surface area contributed by atoms with E-state index in [2.05, 4.69) is 44.3 Å². The summed E-state index contributed by atoms with van der Waals surface area (Å²) < 4.78 is 0. The Hall–Kier alpha value is -1.35. The Kier molecular flexibility index (Phi) is 3.95. The molecule has 1 aliphatic rings. The fraction of sp³-hybridized carbons (Fsp3) is 0.562. The number of amides is 1. The Morgan fingerprint density at radius 3 is 2.68 bits per heavy atom. The second kappa shape index (κ2) is 5.33. The van der Waals surface area contributed by atoms with Gasteiger partial charge in [-0.1, -0.05) is 12.1 Å². The normalized spacial score (nSPS) is 15.6. The highest BCUT2D eigenvalue weighted by Gasteiger charge is 2.20. The van der Waals surface area contributed by atoms with Crippen molar-refractivity contribution in [1.82, 2.24) is 5.32 Å². The predicted octanol–water partition coefficient (Wildman–Crippen LogP) is 2.53. The minimum atomic E-state index is 0.168. The SMILES string of the molecule is CN1C(=O)CCc2cc(CCNC(C)(C)C)ccc21. The van der Waals surface area contributed by atoms with Crippen LogP contribution in [0.25, 0.3) is 0 Å². The number of fused-ring (bicyclic) bond motifs is 1. The van der Waals surface area contributed by atoms with Crippen LogP contribution in [0.4, 0.5) is 5.69 Å². The molecule has 3 heteroatoms. The summed E-state index contributed by atoms with van der Waals surface area (Å²) in [6.07, 6.45) is 2.54. The van der Waals surface area contributed by atoms with Crippen LogP contribution < -0.4 is 10.2 Å². The van der Waals surface area contributed by atoms with E-state index in [1.807, 2.05) is 7.05 Å². The molecule has 104 valence electrons. The molecule has 1 aromatic rings. The average Bonchev–Trinajstić information content (AvgIpc) is 2.32. The third-order valence-corrected chi connectivity index (χ3v) is 3.56. The molecule has 0 radical (unpaired) electrons. The molecule has 1 amide bonds. The zero-order valence-corrected chi connectivity index (χ0v) is 12.4. The molecule has 1 N–H and O–H groups in total. The van der Waals surface area contributed by atoms with Crippen LogP contribution in [0, 0.1) is 0 Å². The van der Waals surface area contributed by atoms with Gasteiger partial charge in [0.15, 0.2) is 0 Å². The van der Waals surface area contributed by atoms with E-state index in [1.165, 1.54) is 11.1 Å². The lowest BCUT2D eigenvalue weighted by molar-refractivity contribution is -0.118. The Morgan fingerprint density at radius 2 is 2.00 bits per heavy atom. The van der Waals surface area contributed by atoms with Gasteiger partial charge in [-0.15, -0.1) is 0 Å². The summed E-state index contributed by atoms with van der Waals surface area (Å²) in [7, 11) is 1.86. The number of nitrogens with zero attached hydrogens (tertiary/aromatic N) is 1. The zero-order chi connectivity index (χ0) is 14.0. The first-order valence-corrected chi connectivity index (χ1v) is 7.00. The third-order valence-electron chi connectivity index (χ3n) is 3.56. The quantitative estimate of drug-likeness (QED) is 0.905. The number of hydrogen-bond acceptors (Lipinski definition) is 2. The summed E-state index contributed by atoms with van der Waals surface area (Å²) in [6.45, 7) is 7.53. The molecule has 19 heavy (non-hydrogen) atoms. The minimum absolute atomic E-state index is 0.168. The van der Waals surface area contributed by atoms with Crippen LogP contribution in [0.3, 0.4) is 0 Å². The Bertz CT molecular complexity index is 474. The van der Waals surface area contributed by atoms with Crippen molar-refractivity contribution in [1.29, 1.82) is 0 Å². The highest BCUT2D eigenvalue weighted by Crippen LogP contribution is 2.27. The molecular weight excluding hydrogens is 236 g/mol. The highest BCUT2D eigenvalue weighted by atomic mass is 16.2. The van der Waals surface area contributed by atoms with Gasteiger partial charge in [-0.2, -0.15) is 0 Å². The van der Waals surface area contributed by atoms with Crippen molar-refractivity contribution in [3.05, 3.63) is 29.3 Å². The van der Waals surface area contributed by atoms with E-state index in [1.54, 1.807) is 4.90 Å². The number of benzene rings is 1. The first-order valence-electron chi connectivity index (χ1n) is 7.00. The van der Waals surface area contributed by atoms with E-state index in [4.69, 9.17) is 0 Å². The molecule has 0 aliphatic carbocycles. The van der Waals surface area contributed by atoms with E-state index in [0.717, 1.165) is 25.1 Å². The maximum Gasteiger partial charge on any atom is 0.227 e. The lowest BCUT2D eigenvalue weighted by atomic mass is 9.98. The van der Waals surface area contributed by atoms with Crippen LogP contribution in [-0.4, -0.2) is 25.0 Å². The Balaban J connectivity index is 2.03. The Morgan fingerprint density at radius 1 is 1.26 bits per heavy atom. The molecule has 0 spiro atoms. The molecule has 3 nitrogen and oxygen atoms in total. The van der Waals surface area contributed by atoms with E-state index >= 15 is 0 Å². The van der Waals surface area contributed by atoms with Crippen LogP contribution in [0.1, 0.15) is 38.3 Å². The molecule has 1 aliphatic heterocycles. The van der Waals surface area contributed by atoms with Crippen LogP contribution in [-0.2, 0) is 17.6 Å². The maximum absolute atomic E-state index is 11.6. The lowest BCUT2D eigenvalue weighted by Crippen LogP contribution is -2.37. The number of aryl methyl sites for hydroxylation is 1. The second-order valence-electron chi connectivity index (χ2n) is 6.34. The number of rotatable bonds is 3. The zero-order valence-electron chi connectivity index (χ0n) is 12.4. The first-order chi connectivity index (χ1) is 8.87. The van der Waals surface area contributed by atoms with Gasteiger partial charge in [0.05, 0.1) is 0 Å². The number of carbonyl (C=O) groups excluding carboxylic acids is 1. The molecule has 1 aromatic carbocycles. The van der Waals surface area contributed by atoms with Crippen molar-refractivity contribution >= 4 is 11.6 Å². The molecule has 0 saturated carbocycles. The molecule has 0 fully saturated rings. The summed E-state index contributed by atoms with van der Waals surface area (Å²) in [5.41, 5.74) is 3.89. The molecular formula is C16H24N2O. The summed E-state index contributed by atoms with van der Waals surface area (Å²) in [6, 6.07) is 6.47. The van der Waals surface area contributed by atoms with Gasteiger partial charge in [-0.3, -0.25) is 4.79 Å². The largest absolute Gasteiger partial charge is 0.315 e. The molecule has 0 unspecified atom stereocenters. The van der Waals surface area contributed by atoms with Gasteiger partial charge in [-0.25, -0.2) is 0 Å². The molecule has 0 bridgehead atoms. The molecule has 0 aromatic heterocycles. The van der Waals surface area contributed by atoms with Gasteiger partial charge < -0.3 is 10.2 Å². The lowest BCUT2D eigenvalue weighted by Gasteiger charge is -2.26. The van der Waals surface area contributed by atoms with Crippen LogP contribution in [0.15, 0.2) is 18.2 Å². The van der Waals surface area contributed by atoms with Gasteiger partial charge >= 0.3 is 0 Å². The molecule has 0 saturated heterocycles. The number of carbonyl (C=O) groups is 1. The number of nitrogens with one attached hydrogen (secondary N) is 1. The first kappa shape index (κ1) is 14.1. The van der Waals surface area contributed by atoms with Gasteiger partial charge in [0.1, 0.15) is 0 Å². The van der Waals surface area contributed by atoms with Crippen molar-refractivity contribution in [3.63, 3.8) is 0 Å². The predicted molar refractivity (Wildman–Crippen MR) is 79.6 cm³/mol. The topological polar surface area (TPSA) is 32.3 Å². The number of anilines is 1. The molecule has 1 heterocycles. The van der Waals surface area contributed by atoms with Crippen LogP contribution in [0.2, 0.25) is 0 Å². The van der Waals surface area contributed by atoms with E-state index < -0.39 is 0 Å². The minimum Gasteiger partial charge on any atom is -0.315 e. The summed E-state index contributed by atoms with van der Waals surface area (Å²) >= 11 is 0. The van der Waals surface area contributed by atoms with Gasteiger partial charge in [0, 0.05) is 24.7 Å². The summed E-state index contributed by atoms with van der Waals surface area (Å²) in [4.78, 5) is 13.4. The fourth-order valence-corrected chi connectivity index (χ4v) is 2.45. The van der Waals surface area contributed by atoms with Gasteiger partial charge in [-0.05, 0) is 57.4 Å². The summed E-state index contributed by atoms with van der Waals surface area (Å²) in [5, 5.41) is 3.50. The monoisotopic (exact) mass is 260 g/mol. The van der Waals surface area contributed by atoms with Gasteiger partial charge in [0.2, 0.25) is 5.91 Å². The van der Waals surface area contributed by atoms with Crippen molar-refractivity contribution in [2.45, 2.75) is 45.6 Å². The smallest absolute Gasteiger partial charge is 0.227 e. The van der Waals surface area contributed by atoms with Crippen molar-refractivity contribution in [3.8, 4) is 0 Å². The van der Waals surface area contributed by atoms with Crippen LogP contribution in [0.5, 0.6) is 0 Å². The second-order valence-corrected chi connectivity index (χ2v) is 6.34. The van der Waals surface area contributed by atoms with Crippen LogP contribution >= 0.6 is 0 Å². The van der Waals surface area contributed by atoms with Gasteiger partial charge in [0.25, 0.3) is 0 Å². The molecule has 2 rings (SSSR count). The van der Waals surface area contributed by atoms with Crippen molar-refractivity contribution in [2.75, 3.05) is 18.5 Å². The average molecular weight is 260 g/mol. The summed E-state index contributed by atoms with van der Waals surface area (Å²) in [5.74, 6) is 0.217. The van der Waals surface area contributed by atoms with Crippen molar-refractivity contribution < 1.29 is 4.79 Å². The molecule has 0 atom stereocenters. The highest BCUT2D eigenvalue weighted by molar-refractivity contribution is 5.95. The maximum atomic E-state index is 11.6. The fourth-order valence-electron chi connectivity index (χ4n) is 2.45. The third kappa shape index (κ3) is 3.57. The van der Waals surface area contributed by atoms with E-state index in [9.17, 15) is 4.79 Å². The van der Waals surface area contributed by atoms with E-state index in [-0.39, 0.29) is 11.4 Å².